The fourth-order valence-corrected chi connectivity index (χ4v) is 4.75. The van der Waals surface area contributed by atoms with E-state index in [2.05, 4.69) is 20.4 Å². The van der Waals surface area contributed by atoms with E-state index in [9.17, 15) is 13.5 Å². The Morgan fingerprint density at radius 3 is 2.44 bits per heavy atom. The average molecular weight is 503 g/mol. The van der Waals surface area contributed by atoms with Crippen LogP contribution in [-0.2, 0) is 16.4 Å². The van der Waals surface area contributed by atoms with Crippen molar-refractivity contribution in [2.24, 2.45) is 0 Å². The normalized spacial score (nSPS) is 12.4. The van der Waals surface area contributed by atoms with Crippen LogP contribution in [0, 0.1) is 6.92 Å². The highest BCUT2D eigenvalue weighted by Crippen LogP contribution is 2.34. The Morgan fingerprint density at radius 2 is 1.75 bits per heavy atom. The molecule has 10 heteroatoms. The van der Waals surface area contributed by atoms with E-state index < -0.39 is 15.4 Å². The number of aliphatic hydroxyl groups is 1. The standard InChI is InChI=1S/C26H26N6O3S/c1-16-19(6-7-22-21(16)14-30-32(22)15-26(2,3)33)25-20-11-24(28-12-17(20)9-10-27-25)31-23-8-5-18(13-29-23)36(4,34)35/h5-14,33H,15H2,1-4H3,(H,28,29,31). The summed E-state index contributed by atoms with van der Waals surface area (Å²) in [4.78, 5) is 13.5. The van der Waals surface area contributed by atoms with Crippen molar-refractivity contribution in [3.63, 3.8) is 0 Å². The fourth-order valence-electron chi connectivity index (χ4n) is 4.19. The predicted octanol–water partition coefficient (Wildman–Crippen LogP) is 4.27. The summed E-state index contributed by atoms with van der Waals surface area (Å²) >= 11 is 0. The van der Waals surface area contributed by atoms with Crippen molar-refractivity contribution < 1.29 is 13.5 Å². The van der Waals surface area contributed by atoms with Gasteiger partial charge in [0, 0.05) is 46.6 Å². The maximum absolute atomic E-state index is 11.7. The molecule has 184 valence electrons. The van der Waals surface area contributed by atoms with Gasteiger partial charge in [-0.25, -0.2) is 18.4 Å². The quantitative estimate of drug-likeness (QED) is 0.353. The zero-order chi connectivity index (χ0) is 25.7. The predicted molar refractivity (Wildman–Crippen MR) is 140 cm³/mol. The van der Waals surface area contributed by atoms with Gasteiger partial charge in [-0.3, -0.25) is 9.67 Å². The van der Waals surface area contributed by atoms with Gasteiger partial charge in [0.05, 0.1) is 34.4 Å². The molecule has 1 aromatic carbocycles. The van der Waals surface area contributed by atoms with E-state index in [-0.39, 0.29) is 4.90 Å². The first kappa shape index (κ1) is 23.8. The second-order valence-electron chi connectivity index (χ2n) is 9.51. The van der Waals surface area contributed by atoms with Gasteiger partial charge in [-0.15, -0.1) is 0 Å². The third kappa shape index (κ3) is 4.65. The maximum atomic E-state index is 11.7. The molecule has 0 saturated heterocycles. The molecule has 2 N–H and O–H groups in total. The molecule has 0 aliphatic rings. The van der Waals surface area contributed by atoms with Crippen LogP contribution in [0.2, 0.25) is 0 Å². The SMILES string of the molecule is Cc1c(-c2nccc3cnc(Nc4ccc(S(C)(=O)=O)cn4)cc23)ccc2c1cnn2CC(C)(C)O. The summed E-state index contributed by atoms with van der Waals surface area (Å²) < 4.78 is 25.2. The number of rotatable bonds is 6. The van der Waals surface area contributed by atoms with Crippen molar-refractivity contribution in [2.75, 3.05) is 11.6 Å². The number of anilines is 2. The largest absolute Gasteiger partial charge is 0.389 e. The van der Waals surface area contributed by atoms with Crippen LogP contribution in [0.25, 0.3) is 32.9 Å². The minimum Gasteiger partial charge on any atom is -0.389 e. The summed E-state index contributed by atoms with van der Waals surface area (Å²) in [5.74, 6) is 1.05. The Bertz CT molecular complexity index is 1700. The van der Waals surface area contributed by atoms with Crippen molar-refractivity contribution in [1.82, 2.24) is 24.7 Å². The number of nitrogens with one attached hydrogen (secondary N) is 1. The van der Waals surface area contributed by atoms with Gasteiger partial charge in [0.25, 0.3) is 0 Å². The van der Waals surface area contributed by atoms with Gasteiger partial charge in [0.15, 0.2) is 9.84 Å². The first-order chi connectivity index (χ1) is 17.0. The lowest BCUT2D eigenvalue weighted by Gasteiger charge is -2.18. The smallest absolute Gasteiger partial charge is 0.177 e. The van der Waals surface area contributed by atoms with Gasteiger partial charge < -0.3 is 10.4 Å². The molecule has 5 rings (SSSR count). The molecule has 4 heterocycles. The van der Waals surface area contributed by atoms with Crippen LogP contribution in [0.5, 0.6) is 0 Å². The van der Waals surface area contributed by atoms with E-state index >= 15 is 0 Å². The summed E-state index contributed by atoms with van der Waals surface area (Å²) in [6, 6.07) is 11.0. The molecule has 0 saturated carbocycles. The fraction of sp³-hybridized carbons (Fsp3) is 0.231. The molecule has 0 aliphatic heterocycles. The van der Waals surface area contributed by atoms with Crippen molar-refractivity contribution in [3.8, 4) is 11.3 Å². The summed E-state index contributed by atoms with van der Waals surface area (Å²) in [7, 11) is -3.32. The monoisotopic (exact) mass is 502 g/mol. The highest BCUT2D eigenvalue weighted by atomic mass is 32.2. The second kappa shape index (κ2) is 8.65. The third-order valence-electron chi connectivity index (χ3n) is 5.96. The number of sulfone groups is 1. The lowest BCUT2D eigenvalue weighted by atomic mass is 9.98. The van der Waals surface area contributed by atoms with E-state index in [1.54, 1.807) is 32.3 Å². The lowest BCUT2D eigenvalue weighted by Crippen LogP contribution is -2.26. The first-order valence-corrected chi connectivity index (χ1v) is 13.2. The van der Waals surface area contributed by atoms with Gasteiger partial charge in [-0.05, 0) is 56.7 Å². The Balaban J connectivity index is 1.54. The highest BCUT2D eigenvalue weighted by molar-refractivity contribution is 7.90. The molecule has 0 bridgehead atoms. The van der Waals surface area contributed by atoms with E-state index in [0.29, 0.717) is 18.2 Å². The molecule has 4 aromatic heterocycles. The Hall–Kier alpha value is -3.89. The summed E-state index contributed by atoms with van der Waals surface area (Å²) in [6.45, 7) is 5.96. The van der Waals surface area contributed by atoms with Gasteiger partial charge in [-0.2, -0.15) is 5.10 Å². The molecule has 0 atom stereocenters. The number of aromatic nitrogens is 5. The lowest BCUT2D eigenvalue weighted by molar-refractivity contribution is 0.0591. The topological polar surface area (TPSA) is 123 Å². The third-order valence-corrected chi connectivity index (χ3v) is 7.05. The molecule has 36 heavy (non-hydrogen) atoms. The number of pyridine rings is 3. The molecular weight excluding hydrogens is 476 g/mol. The van der Waals surface area contributed by atoms with Gasteiger partial charge in [0.2, 0.25) is 0 Å². The second-order valence-corrected chi connectivity index (χ2v) is 11.5. The van der Waals surface area contributed by atoms with Crippen LogP contribution in [0.4, 0.5) is 11.6 Å². The Labute approximate surface area is 208 Å². The van der Waals surface area contributed by atoms with Crippen LogP contribution in [0.1, 0.15) is 19.4 Å². The molecule has 0 fully saturated rings. The first-order valence-electron chi connectivity index (χ1n) is 11.4. The number of aryl methyl sites for hydroxylation is 1. The van der Waals surface area contributed by atoms with Crippen LogP contribution in [-0.4, -0.2) is 50.1 Å². The molecule has 0 spiro atoms. The maximum Gasteiger partial charge on any atom is 0.177 e. The zero-order valence-electron chi connectivity index (χ0n) is 20.4. The van der Waals surface area contributed by atoms with Crippen LogP contribution in [0.15, 0.2) is 66.1 Å². The Morgan fingerprint density at radius 1 is 0.972 bits per heavy atom. The minimum absolute atomic E-state index is 0.155. The number of benzene rings is 1. The Kier molecular flexibility index (Phi) is 5.73. The summed E-state index contributed by atoms with van der Waals surface area (Å²) in [6.07, 6.45) is 7.82. The molecule has 0 amide bonds. The van der Waals surface area contributed by atoms with Gasteiger partial charge in [-0.1, -0.05) is 6.07 Å². The van der Waals surface area contributed by atoms with Crippen molar-refractivity contribution >= 4 is 43.1 Å². The van der Waals surface area contributed by atoms with Crippen LogP contribution >= 0.6 is 0 Å². The highest BCUT2D eigenvalue weighted by Gasteiger charge is 2.18. The molecule has 9 nitrogen and oxygen atoms in total. The molecule has 0 aliphatic carbocycles. The van der Waals surface area contributed by atoms with Gasteiger partial charge >= 0.3 is 0 Å². The molecular formula is C26H26N6O3S. The van der Waals surface area contributed by atoms with E-state index in [0.717, 1.165) is 44.8 Å². The van der Waals surface area contributed by atoms with Crippen molar-refractivity contribution in [2.45, 2.75) is 37.8 Å². The summed E-state index contributed by atoms with van der Waals surface area (Å²) in [5.41, 5.74) is 2.90. The number of nitrogens with zero attached hydrogens (tertiary/aromatic N) is 5. The van der Waals surface area contributed by atoms with E-state index in [1.807, 2.05) is 42.1 Å². The molecule has 0 unspecified atom stereocenters. The average Bonchev–Trinajstić information content (AvgIpc) is 3.21. The van der Waals surface area contributed by atoms with Gasteiger partial charge in [0.1, 0.15) is 11.6 Å². The van der Waals surface area contributed by atoms with E-state index in [4.69, 9.17) is 4.98 Å². The number of hydrogen-bond donors (Lipinski definition) is 2. The van der Waals surface area contributed by atoms with Crippen molar-refractivity contribution in [1.29, 1.82) is 0 Å². The van der Waals surface area contributed by atoms with Crippen LogP contribution < -0.4 is 5.32 Å². The van der Waals surface area contributed by atoms with Crippen LogP contribution in [0.3, 0.4) is 0 Å². The minimum atomic E-state index is -3.32. The van der Waals surface area contributed by atoms with E-state index in [1.165, 1.54) is 12.3 Å². The number of hydrogen-bond acceptors (Lipinski definition) is 8. The number of fused-ring (bicyclic) bond motifs is 2. The zero-order valence-corrected chi connectivity index (χ0v) is 21.2. The summed E-state index contributed by atoms with van der Waals surface area (Å²) in [5, 5.41) is 20.7. The molecule has 0 radical (unpaired) electrons. The molecule has 5 aromatic rings. The van der Waals surface area contributed by atoms with Crippen molar-refractivity contribution in [3.05, 3.63) is 66.7 Å².